The number of nitrogens with zero attached hydrogens (tertiary/aromatic N) is 1. The van der Waals surface area contributed by atoms with E-state index in [1.165, 1.54) is 0 Å². The van der Waals surface area contributed by atoms with Gasteiger partial charge in [-0.2, -0.15) is 0 Å². The summed E-state index contributed by atoms with van der Waals surface area (Å²) in [6.07, 6.45) is 3.04. The van der Waals surface area contributed by atoms with E-state index in [-0.39, 0.29) is 29.8 Å². The summed E-state index contributed by atoms with van der Waals surface area (Å²) >= 11 is 0. The highest BCUT2D eigenvalue weighted by molar-refractivity contribution is 5.99. The zero-order chi connectivity index (χ0) is 14.7. The SMILES string of the molecule is Nc1cc(F)c(F)cc1C(=O)N1CCCC1CCCO. The van der Waals surface area contributed by atoms with Gasteiger partial charge >= 0.3 is 0 Å². The number of hydrogen-bond donors (Lipinski definition) is 2. The van der Waals surface area contributed by atoms with Gasteiger partial charge in [0.25, 0.3) is 5.91 Å². The van der Waals surface area contributed by atoms with Crippen LogP contribution in [0, 0.1) is 11.6 Å². The van der Waals surface area contributed by atoms with Crippen molar-refractivity contribution < 1.29 is 18.7 Å². The van der Waals surface area contributed by atoms with Crippen LogP contribution in [0.25, 0.3) is 0 Å². The number of nitrogen functional groups attached to an aromatic ring is 1. The molecule has 0 radical (unpaired) electrons. The molecule has 1 unspecified atom stereocenters. The average Bonchev–Trinajstić information content (AvgIpc) is 2.88. The zero-order valence-corrected chi connectivity index (χ0v) is 11.1. The van der Waals surface area contributed by atoms with Crippen LogP contribution in [-0.2, 0) is 0 Å². The van der Waals surface area contributed by atoms with Crippen LogP contribution in [0.4, 0.5) is 14.5 Å². The van der Waals surface area contributed by atoms with Crippen molar-refractivity contribution in [2.45, 2.75) is 31.7 Å². The molecule has 0 aromatic heterocycles. The van der Waals surface area contributed by atoms with Crippen LogP contribution in [0.3, 0.4) is 0 Å². The van der Waals surface area contributed by atoms with Crippen LogP contribution < -0.4 is 5.73 Å². The molecular weight excluding hydrogens is 266 g/mol. The molecule has 3 N–H and O–H groups in total. The molecule has 110 valence electrons. The number of amides is 1. The fourth-order valence-corrected chi connectivity index (χ4v) is 2.63. The van der Waals surface area contributed by atoms with Crippen LogP contribution >= 0.6 is 0 Å². The summed E-state index contributed by atoms with van der Waals surface area (Å²) in [5, 5.41) is 8.86. The van der Waals surface area contributed by atoms with Crippen molar-refractivity contribution in [3.05, 3.63) is 29.3 Å². The molecule has 2 rings (SSSR count). The van der Waals surface area contributed by atoms with Gasteiger partial charge in [0.15, 0.2) is 11.6 Å². The molecule has 1 atom stereocenters. The molecule has 0 aliphatic carbocycles. The minimum Gasteiger partial charge on any atom is -0.398 e. The van der Waals surface area contributed by atoms with Gasteiger partial charge in [-0.1, -0.05) is 0 Å². The van der Waals surface area contributed by atoms with Gasteiger partial charge in [0, 0.05) is 30.9 Å². The summed E-state index contributed by atoms with van der Waals surface area (Å²) < 4.78 is 26.3. The highest BCUT2D eigenvalue weighted by Gasteiger charge is 2.30. The second kappa shape index (κ2) is 6.17. The van der Waals surface area contributed by atoms with E-state index in [1.807, 2.05) is 0 Å². The number of aliphatic hydroxyl groups is 1. The number of likely N-dealkylation sites (tertiary alicyclic amines) is 1. The molecule has 1 aromatic carbocycles. The third kappa shape index (κ3) is 2.90. The third-order valence-corrected chi connectivity index (χ3v) is 3.66. The maximum Gasteiger partial charge on any atom is 0.256 e. The summed E-state index contributed by atoms with van der Waals surface area (Å²) in [5.74, 6) is -2.51. The van der Waals surface area contributed by atoms with Crippen molar-refractivity contribution in [3.63, 3.8) is 0 Å². The first-order valence-electron chi connectivity index (χ1n) is 6.71. The number of nitrogens with two attached hydrogens (primary N) is 1. The molecule has 1 aliphatic heterocycles. The van der Waals surface area contributed by atoms with Crippen LogP contribution in [0.2, 0.25) is 0 Å². The quantitative estimate of drug-likeness (QED) is 0.830. The van der Waals surface area contributed by atoms with Gasteiger partial charge in [0.2, 0.25) is 0 Å². The van der Waals surface area contributed by atoms with Gasteiger partial charge in [-0.3, -0.25) is 4.79 Å². The van der Waals surface area contributed by atoms with Crippen molar-refractivity contribution in [3.8, 4) is 0 Å². The Bertz CT molecular complexity index is 508. The first kappa shape index (κ1) is 14.7. The van der Waals surface area contributed by atoms with Gasteiger partial charge in [-0.05, 0) is 31.7 Å². The van der Waals surface area contributed by atoms with Crippen LogP contribution in [-0.4, -0.2) is 35.1 Å². The Hall–Kier alpha value is -1.69. The van der Waals surface area contributed by atoms with E-state index in [9.17, 15) is 13.6 Å². The Morgan fingerprint density at radius 2 is 2.10 bits per heavy atom. The standard InChI is InChI=1S/C14H18F2N2O2/c15-11-7-10(13(17)8-12(11)16)14(20)18-5-1-3-9(18)4-2-6-19/h7-9,19H,1-6,17H2. The maximum atomic E-state index is 13.3. The highest BCUT2D eigenvalue weighted by atomic mass is 19.2. The fourth-order valence-electron chi connectivity index (χ4n) is 2.63. The van der Waals surface area contributed by atoms with Crippen molar-refractivity contribution in [2.24, 2.45) is 0 Å². The summed E-state index contributed by atoms with van der Waals surface area (Å²) in [6.45, 7) is 0.652. The first-order valence-corrected chi connectivity index (χ1v) is 6.71. The lowest BCUT2D eigenvalue weighted by Gasteiger charge is -2.25. The zero-order valence-electron chi connectivity index (χ0n) is 11.1. The van der Waals surface area contributed by atoms with E-state index in [1.54, 1.807) is 4.90 Å². The molecule has 0 saturated carbocycles. The predicted molar refractivity (Wildman–Crippen MR) is 71.1 cm³/mol. The van der Waals surface area contributed by atoms with Gasteiger partial charge < -0.3 is 15.7 Å². The monoisotopic (exact) mass is 284 g/mol. The third-order valence-electron chi connectivity index (χ3n) is 3.66. The van der Waals surface area contributed by atoms with Crippen molar-refractivity contribution >= 4 is 11.6 Å². The lowest BCUT2D eigenvalue weighted by atomic mass is 10.1. The maximum absolute atomic E-state index is 13.3. The number of hydrogen-bond acceptors (Lipinski definition) is 3. The molecule has 1 aromatic rings. The first-order chi connectivity index (χ1) is 9.54. The Kier molecular flexibility index (Phi) is 4.54. The molecule has 1 amide bonds. The molecule has 1 saturated heterocycles. The van der Waals surface area contributed by atoms with Crippen molar-refractivity contribution in [1.29, 1.82) is 0 Å². The molecule has 1 fully saturated rings. The molecule has 1 aliphatic rings. The lowest BCUT2D eigenvalue weighted by Crippen LogP contribution is -2.36. The smallest absolute Gasteiger partial charge is 0.256 e. The molecule has 4 nitrogen and oxygen atoms in total. The highest BCUT2D eigenvalue weighted by Crippen LogP contribution is 2.26. The van der Waals surface area contributed by atoms with Gasteiger partial charge in [0.05, 0.1) is 5.56 Å². The van der Waals surface area contributed by atoms with Crippen LogP contribution in [0.5, 0.6) is 0 Å². The van der Waals surface area contributed by atoms with Crippen LogP contribution in [0.1, 0.15) is 36.0 Å². The van der Waals surface area contributed by atoms with Crippen LogP contribution in [0.15, 0.2) is 12.1 Å². The fraction of sp³-hybridized carbons (Fsp3) is 0.500. The van der Waals surface area contributed by atoms with E-state index in [0.29, 0.717) is 19.4 Å². The number of aliphatic hydroxyl groups excluding tert-OH is 1. The molecule has 6 heteroatoms. The Labute approximate surface area is 116 Å². The van der Waals surface area contributed by atoms with E-state index in [4.69, 9.17) is 10.8 Å². The molecule has 0 spiro atoms. The Balaban J connectivity index is 2.20. The van der Waals surface area contributed by atoms with E-state index >= 15 is 0 Å². The number of halogens is 2. The van der Waals surface area contributed by atoms with Gasteiger partial charge in [-0.15, -0.1) is 0 Å². The Morgan fingerprint density at radius 3 is 2.80 bits per heavy atom. The molecule has 0 bridgehead atoms. The summed E-state index contributed by atoms with van der Waals surface area (Å²) in [5.41, 5.74) is 5.56. The van der Waals surface area contributed by atoms with E-state index < -0.39 is 11.6 Å². The minimum atomic E-state index is -1.08. The van der Waals surface area contributed by atoms with Gasteiger partial charge in [0.1, 0.15) is 0 Å². The number of carbonyl (C=O) groups excluding carboxylic acids is 1. The van der Waals surface area contributed by atoms with E-state index in [2.05, 4.69) is 0 Å². The van der Waals surface area contributed by atoms with E-state index in [0.717, 1.165) is 25.0 Å². The summed E-state index contributed by atoms with van der Waals surface area (Å²) in [7, 11) is 0. The normalized spacial score (nSPS) is 18.6. The molecule has 1 heterocycles. The number of rotatable bonds is 4. The topological polar surface area (TPSA) is 66.6 Å². The Morgan fingerprint density at radius 1 is 1.40 bits per heavy atom. The lowest BCUT2D eigenvalue weighted by molar-refractivity contribution is 0.0725. The largest absolute Gasteiger partial charge is 0.398 e. The summed E-state index contributed by atoms with van der Waals surface area (Å²) in [4.78, 5) is 14.0. The average molecular weight is 284 g/mol. The molecule has 20 heavy (non-hydrogen) atoms. The molecular formula is C14H18F2N2O2. The summed E-state index contributed by atoms with van der Waals surface area (Å²) in [6, 6.07) is 1.72. The van der Waals surface area contributed by atoms with Gasteiger partial charge in [-0.25, -0.2) is 8.78 Å². The second-order valence-corrected chi connectivity index (χ2v) is 5.01. The van der Waals surface area contributed by atoms with Crippen molar-refractivity contribution in [1.82, 2.24) is 4.90 Å². The predicted octanol–water partition coefficient (Wildman–Crippen LogP) is 1.92. The van der Waals surface area contributed by atoms with Crippen molar-refractivity contribution in [2.75, 3.05) is 18.9 Å². The minimum absolute atomic E-state index is 0.000187. The number of anilines is 1. The number of benzene rings is 1. The second-order valence-electron chi connectivity index (χ2n) is 5.01. The number of carbonyl (C=O) groups is 1.